The van der Waals surface area contributed by atoms with Crippen molar-refractivity contribution in [3.05, 3.63) is 28.8 Å². The zero-order valence-electron chi connectivity index (χ0n) is 11.9. The summed E-state index contributed by atoms with van der Waals surface area (Å²) in [4.78, 5) is 23.0. The lowest BCUT2D eigenvalue weighted by Gasteiger charge is -2.13. The van der Waals surface area contributed by atoms with E-state index in [-0.39, 0.29) is 12.3 Å². The van der Waals surface area contributed by atoms with Crippen molar-refractivity contribution in [2.24, 2.45) is 0 Å². The fourth-order valence-corrected chi connectivity index (χ4v) is 1.99. The van der Waals surface area contributed by atoms with Crippen LogP contribution in [0, 0.1) is 0 Å². The fraction of sp³-hybridized carbons (Fsp3) is 0.429. The summed E-state index contributed by atoms with van der Waals surface area (Å²) < 4.78 is 9.50. The zero-order valence-corrected chi connectivity index (χ0v) is 12.6. The molecular formula is C14H18ClNO5. The number of methoxy groups -OCH3 is 2. The molecule has 0 saturated heterocycles. The number of aliphatic hydroxyl groups excluding tert-OH is 1. The van der Waals surface area contributed by atoms with Gasteiger partial charge in [-0.1, -0.05) is 17.7 Å². The van der Waals surface area contributed by atoms with Crippen molar-refractivity contribution < 1.29 is 24.2 Å². The van der Waals surface area contributed by atoms with Gasteiger partial charge in [-0.25, -0.2) is 4.79 Å². The average molecular weight is 316 g/mol. The summed E-state index contributed by atoms with van der Waals surface area (Å²) in [5, 5.41) is 11.9. The first-order chi connectivity index (χ1) is 10.0. The lowest BCUT2D eigenvalue weighted by molar-refractivity contribution is -0.146. The van der Waals surface area contributed by atoms with Gasteiger partial charge in [0.2, 0.25) is 5.91 Å². The molecule has 1 rings (SSSR count). The molecule has 0 fully saturated rings. The van der Waals surface area contributed by atoms with Crippen molar-refractivity contribution in [2.75, 3.05) is 20.8 Å². The highest BCUT2D eigenvalue weighted by Gasteiger charge is 2.20. The molecule has 21 heavy (non-hydrogen) atoms. The Labute approximate surface area is 128 Å². The number of carbonyl (C=O) groups excluding carboxylic acids is 2. The Balaban J connectivity index is 2.53. The van der Waals surface area contributed by atoms with Gasteiger partial charge in [0, 0.05) is 6.42 Å². The van der Waals surface area contributed by atoms with Crippen LogP contribution in [0.25, 0.3) is 0 Å². The van der Waals surface area contributed by atoms with Crippen molar-refractivity contribution in [2.45, 2.75) is 18.9 Å². The molecular weight excluding hydrogens is 298 g/mol. The van der Waals surface area contributed by atoms with Crippen LogP contribution in [0.1, 0.15) is 12.0 Å². The molecule has 0 aliphatic rings. The predicted octanol–water partition coefficient (Wildman–Crippen LogP) is 0.931. The molecule has 0 spiro atoms. The number of aryl methyl sites for hydroxylation is 1. The Morgan fingerprint density at radius 1 is 1.38 bits per heavy atom. The molecule has 0 aliphatic heterocycles. The number of benzene rings is 1. The van der Waals surface area contributed by atoms with Gasteiger partial charge in [-0.2, -0.15) is 0 Å². The maximum atomic E-state index is 11.7. The Hall–Kier alpha value is -1.79. The molecule has 2 N–H and O–H groups in total. The third-order valence-corrected chi connectivity index (χ3v) is 3.16. The molecule has 1 unspecified atom stereocenters. The van der Waals surface area contributed by atoms with E-state index in [2.05, 4.69) is 10.1 Å². The lowest BCUT2D eigenvalue weighted by atomic mass is 10.1. The second kappa shape index (κ2) is 8.49. The molecule has 116 valence electrons. The van der Waals surface area contributed by atoms with Gasteiger partial charge >= 0.3 is 5.97 Å². The van der Waals surface area contributed by atoms with Crippen LogP contribution in [0.15, 0.2) is 18.2 Å². The summed E-state index contributed by atoms with van der Waals surface area (Å²) in [5.41, 5.74) is 0.870. The molecule has 0 aromatic heterocycles. The first-order valence-electron chi connectivity index (χ1n) is 6.32. The van der Waals surface area contributed by atoms with E-state index in [1.165, 1.54) is 14.2 Å². The highest BCUT2D eigenvalue weighted by atomic mass is 35.5. The normalized spacial score (nSPS) is 11.6. The summed E-state index contributed by atoms with van der Waals surface area (Å²) in [6.45, 7) is -0.507. The Kier molecular flexibility index (Phi) is 6.98. The molecule has 0 radical (unpaired) electrons. The number of carbonyl (C=O) groups is 2. The molecule has 1 atom stereocenters. The van der Waals surface area contributed by atoms with E-state index in [1.54, 1.807) is 12.1 Å². The molecule has 7 heteroatoms. The van der Waals surface area contributed by atoms with E-state index in [0.717, 1.165) is 5.56 Å². The zero-order chi connectivity index (χ0) is 15.8. The van der Waals surface area contributed by atoms with Crippen LogP contribution in [0.2, 0.25) is 5.02 Å². The number of hydrogen-bond donors (Lipinski definition) is 2. The number of hydrogen-bond acceptors (Lipinski definition) is 5. The first-order valence-corrected chi connectivity index (χ1v) is 6.70. The molecule has 6 nitrogen and oxygen atoms in total. The standard InChI is InChI=1S/C14H18ClNO5/c1-20-12-5-3-9(7-10(12)15)4-6-13(18)16-11(8-17)14(19)21-2/h3,5,7,11,17H,4,6,8H2,1-2H3,(H,16,18). The van der Waals surface area contributed by atoms with Gasteiger partial charge in [0.05, 0.1) is 25.8 Å². The monoisotopic (exact) mass is 315 g/mol. The van der Waals surface area contributed by atoms with E-state index in [0.29, 0.717) is 17.2 Å². The topological polar surface area (TPSA) is 84.9 Å². The van der Waals surface area contributed by atoms with Crippen LogP contribution >= 0.6 is 11.6 Å². The van der Waals surface area contributed by atoms with Gasteiger partial charge in [-0.3, -0.25) is 4.79 Å². The molecule has 1 aromatic rings. The third kappa shape index (κ3) is 5.24. The highest BCUT2D eigenvalue weighted by Crippen LogP contribution is 2.25. The largest absolute Gasteiger partial charge is 0.495 e. The molecule has 0 heterocycles. The number of esters is 1. The van der Waals surface area contributed by atoms with Crippen molar-refractivity contribution >= 4 is 23.5 Å². The van der Waals surface area contributed by atoms with Crippen molar-refractivity contribution in [3.63, 3.8) is 0 Å². The number of halogens is 1. The maximum absolute atomic E-state index is 11.7. The van der Waals surface area contributed by atoms with Gasteiger partial charge in [0.1, 0.15) is 5.75 Å². The number of amides is 1. The Morgan fingerprint density at radius 3 is 2.62 bits per heavy atom. The molecule has 1 aromatic carbocycles. The number of rotatable bonds is 7. The fourth-order valence-electron chi connectivity index (χ4n) is 1.71. The molecule has 0 bridgehead atoms. The van der Waals surface area contributed by atoms with Crippen LogP contribution in [0.5, 0.6) is 5.75 Å². The lowest BCUT2D eigenvalue weighted by Crippen LogP contribution is -2.44. The predicted molar refractivity (Wildman–Crippen MR) is 77.4 cm³/mol. The summed E-state index contributed by atoms with van der Waals surface area (Å²) >= 11 is 5.99. The first kappa shape index (κ1) is 17.3. The molecule has 0 aliphatic carbocycles. The minimum absolute atomic E-state index is 0.163. The van der Waals surface area contributed by atoms with E-state index < -0.39 is 18.6 Å². The maximum Gasteiger partial charge on any atom is 0.330 e. The van der Waals surface area contributed by atoms with Crippen LogP contribution in [0.4, 0.5) is 0 Å². The van der Waals surface area contributed by atoms with Crippen LogP contribution < -0.4 is 10.1 Å². The van der Waals surface area contributed by atoms with Gasteiger partial charge in [-0.15, -0.1) is 0 Å². The van der Waals surface area contributed by atoms with Crippen LogP contribution in [0.3, 0.4) is 0 Å². The van der Waals surface area contributed by atoms with E-state index >= 15 is 0 Å². The highest BCUT2D eigenvalue weighted by molar-refractivity contribution is 6.32. The van der Waals surface area contributed by atoms with Crippen molar-refractivity contribution in [3.8, 4) is 5.75 Å². The quantitative estimate of drug-likeness (QED) is 0.731. The Bertz CT molecular complexity index is 506. The van der Waals surface area contributed by atoms with Crippen molar-refractivity contribution in [1.29, 1.82) is 0 Å². The summed E-state index contributed by atoms with van der Waals surface area (Å²) in [7, 11) is 2.71. The van der Waals surface area contributed by atoms with Crippen molar-refractivity contribution in [1.82, 2.24) is 5.32 Å². The summed E-state index contributed by atoms with van der Waals surface area (Å²) in [5.74, 6) is -0.472. The minimum Gasteiger partial charge on any atom is -0.495 e. The second-order valence-corrected chi connectivity index (χ2v) is 4.70. The van der Waals surface area contributed by atoms with Gasteiger partial charge in [0.15, 0.2) is 6.04 Å². The Morgan fingerprint density at radius 2 is 2.10 bits per heavy atom. The number of ether oxygens (including phenoxy) is 2. The number of aliphatic hydroxyl groups is 1. The van der Waals surface area contributed by atoms with Gasteiger partial charge in [0.25, 0.3) is 0 Å². The summed E-state index contributed by atoms with van der Waals surface area (Å²) in [6, 6.07) is 4.21. The second-order valence-electron chi connectivity index (χ2n) is 4.29. The van der Waals surface area contributed by atoms with Crippen LogP contribution in [-0.2, 0) is 20.7 Å². The average Bonchev–Trinajstić information content (AvgIpc) is 2.49. The summed E-state index contributed by atoms with van der Waals surface area (Å²) in [6.07, 6.45) is 0.616. The SMILES string of the molecule is COC(=O)C(CO)NC(=O)CCc1ccc(OC)c(Cl)c1. The molecule has 0 saturated carbocycles. The molecule has 1 amide bonds. The van der Waals surface area contributed by atoms with E-state index in [1.807, 2.05) is 6.07 Å². The third-order valence-electron chi connectivity index (χ3n) is 2.86. The smallest absolute Gasteiger partial charge is 0.330 e. The van der Waals surface area contributed by atoms with E-state index in [4.69, 9.17) is 21.4 Å². The van der Waals surface area contributed by atoms with Gasteiger partial charge < -0.3 is 19.9 Å². The minimum atomic E-state index is -1.04. The van der Waals surface area contributed by atoms with Gasteiger partial charge in [-0.05, 0) is 24.1 Å². The van der Waals surface area contributed by atoms with Crippen LogP contribution in [-0.4, -0.2) is 43.9 Å². The number of nitrogens with one attached hydrogen (secondary N) is 1. The van der Waals surface area contributed by atoms with E-state index in [9.17, 15) is 9.59 Å².